The Bertz CT molecular complexity index is 605. The van der Waals surface area contributed by atoms with E-state index in [1.807, 2.05) is 13.8 Å². The highest BCUT2D eigenvalue weighted by atomic mass is 19.1. The predicted molar refractivity (Wildman–Crippen MR) is 73.7 cm³/mol. The number of aryl methyl sites for hydroxylation is 1. The molecule has 2 aromatic rings. The summed E-state index contributed by atoms with van der Waals surface area (Å²) in [5, 5.41) is 4.38. The number of anilines is 1. The van der Waals surface area contributed by atoms with Crippen LogP contribution >= 0.6 is 0 Å². The minimum Gasteiger partial charge on any atom is -0.494 e. The van der Waals surface area contributed by atoms with Gasteiger partial charge in [0.15, 0.2) is 11.6 Å². The number of rotatable bonds is 3. The number of ether oxygens (including phenoxy) is 1. The van der Waals surface area contributed by atoms with E-state index in [1.54, 1.807) is 23.9 Å². The van der Waals surface area contributed by atoms with Crippen LogP contribution in [-0.2, 0) is 7.05 Å². The maximum atomic E-state index is 13.8. The Labute approximate surface area is 112 Å². The molecular weight excluding hydrogens is 245 g/mol. The molecule has 0 atom stereocenters. The van der Waals surface area contributed by atoms with Crippen molar-refractivity contribution in [3.05, 3.63) is 29.6 Å². The van der Waals surface area contributed by atoms with Gasteiger partial charge in [-0.05, 0) is 24.1 Å². The molecule has 19 heavy (non-hydrogen) atoms. The molecule has 1 aromatic carbocycles. The number of halogens is 1. The second-order valence-corrected chi connectivity index (χ2v) is 4.78. The number of nitrogen functional groups attached to an aromatic ring is 1. The Morgan fingerprint density at radius 2 is 2.05 bits per heavy atom. The first-order chi connectivity index (χ1) is 8.95. The SMILES string of the molecule is COc1ccc(-c2nn(C)c(N)c2C(C)C)cc1F. The molecule has 0 aliphatic carbocycles. The summed E-state index contributed by atoms with van der Waals surface area (Å²) in [5.74, 6) is 0.646. The molecule has 1 aromatic heterocycles. The standard InChI is InChI=1S/C14H18FN3O/c1-8(2)12-13(17-18(3)14(12)16)9-5-6-11(19-4)10(15)7-9/h5-8H,16H2,1-4H3. The topological polar surface area (TPSA) is 53.1 Å². The van der Waals surface area contributed by atoms with Crippen molar-refractivity contribution in [3.8, 4) is 17.0 Å². The van der Waals surface area contributed by atoms with Crippen LogP contribution in [0.15, 0.2) is 18.2 Å². The summed E-state index contributed by atoms with van der Waals surface area (Å²) in [7, 11) is 3.22. The van der Waals surface area contributed by atoms with E-state index in [-0.39, 0.29) is 11.7 Å². The first-order valence-corrected chi connectivity index (χ1v) is 6.12. The predicted octanol–water partition coefficient (Wildman–Crippen LogP) is 2.94. The Morgan fingerprint density at radius 1 is 1.37 bits per heavy atom. The number of nitrogens with two attached hydrogens (primary N) is 1. The fraction of sp³-hybridized carbons (Fsp3) is 0.357. The smallest absolute Gasteiger partial charge is 0.165 e. The van der Waals surface area contributed by atoms with Gasteiger partial charge in [-0.1, -0.05) is 13.8 Å². The average molecular weight is 263 g/mol. The summed E-state index contributed by atoms with van der Waals surface area (Å²) >= 11 is 0. The third-order valence-electron chi connectivity index (χ3n) is 3.13. The molecule has 0 saturated heterocycles. The van der Waals surface area contributed by atoms with Crippen molar-refractivity contribution in [2.45, 2.75) is 19.8 Å². The van der Waals surface area contributed by atoms with Crippen molar-refractivity contribution in [2.24, 2.45) is 7.05 Å². The quantitative estimate of drug-likeness (QED) is 0.926. The lowest BCUT2D eigenvalue weighted by Crippen LogP contribution is -2.00. The van der Waals surface area contributed by atoms with Crippen LogP contribution in [0.25, 0.3) is 11.3 Å². The molecule has 0 unspecified atom stereocenters. The summed E-state index contributed by atoms with van der Waals surface area (Å²) in [5.41, 5.74) is 8.38. The van der Waals surface area contributed by atoms with Gasteiger partial charge < -0.3 is 10.5 Å². The minimum absolute atomic E-state index is 0.217. The molecule has 4 nitrogen and oxygen atoms in total. The van der Waals surface area contributed by atoms with Gasteiger partial charge in [0.25, 0.3) is 0 Å². The molecule has 0 fully saturated rings. The maximum absolute atomic E-state index is 13.8. The van der Waals surface area contributed by atoms with E-state index in [4.69, 9.17) is 10.5 Å². The Balaban J connectivity index is 2.59. The zero-order valence-electron chi connectivity index (χ0n) is 11.6. The lowest BCUT2D eigenvalue weighted by Gasteiger charge is -2.08. The van der Waals surface area contributed by atoms with Crippen LogP contribution in [0.1, 0.15) is 25.3 Å². The maximum Gasteiger partial charge on any atom is 0.165 e. The monoisotopic (exact) mass is 263 g/mol. The van der Waals surface area contributed by atoms with E-state index in [2.05, 4.69) is 5.10 Å². The van der Waals surface area contributed by atoms with Gasteiger partial charge in [0, 0.05) is 18.2 Å². The van der Waals surface area contributed by atoms with Gasteiger partial charge in [-0.15, -0.1) is 0 Å². The first kappa shape index (κ1) is 13.4. The normalized spacial score (nSPS) is 11.1. The van der Waals surface area contributed by atoms with Crippen molar-refractivity contribution in [3.63, 3.8) is 0 Å². The molecule has 1 heterocycles. The van der Waals surface area contributed by atoms with Crippen LogP contribution in [0.3, 0.4) is 0 Å². The van der Waals surface area contributed by atoms with Gasteiger partial charge in [0.05, 0.1) is 12.8 Å². The van der Waals surface area contributed by atoms with Gasteiger partial charge in [-0.3, -0.25) is 4.68 Å². The van der Waals surface area contributed by atoms with Crippen molar-refractivity contribution < 1.29 is 9.13 Å². The zero-order valence-corrected chi connectivity index (χ0v) is 11.6. The van der Waals surface area contributed by atoms with Crippen LogP contribution in [-0.4, -0.2) is 16.9 Å². The summed E-state index contributed by atoms with van der Waals surface area (Å²) in [4.78, 5) is 0. The number of nitrogens with zero attached hydrogens (tertiary/aromatic N) is 2. The van der Waals surface area contributed by atoms with E-state index in [0.29, 0.717) is 11.4 Å². The number of hydrogen-bond acceptors (Lipinski definition) is 3. The van der Waals surface area contributed by atoms with Crippen LogP contribution in [0, 0.1) is 5.82 Å². The lowest BCUT2D eigenvalue weighted by atomic mass is 9.98. The van der Waals surface area contributed by atoms with Crippen LogP contribution in [0.4, 0.5) is 10.2 Å². The fourth-order valence-corrected chi connectivity index (χ4v) is 2.15. The van der Waals surface area contributed by atoms with Crippen molar-refractivity contribution in [2.75, 3.05) is 12.8 Å². The van der Waals surface area contributed by atoms with Gasteiger partial charge in [0.2, 0.25) is 0 Å². The summed E-state index contributed by atoms with van der Waals surface area (Å²) in [6.07, 6.45) is 0. The lowest BCUT2D eigenvalue weighted by molar-refractivity contribution is 0.386. The molecular formula is C14H18FN3O. The minimum atomic E-state index is -0.404. The Hall–Kier alpha value is -2.04. The Kier molecular flexibility index (Phi) is 3.46. The molecule has 0 aliphatic rings. The van der Waals surface area contributed by atoms with Gasteiger partial charge in [-0.25, -0.2) is 4.39 Å². The van der Waals surface area contributed by atoms with E-state index in [0.717, 1.165) is 11.3 Å². The highest BCUT2D eigenvalue weighted by Crippen LogP contribution is 2.34. The number of aromatic nitrogens is 2. The van der Waals surface area contributed by atoms with Gasteiger partial charge in [0.1, 0.15) is 5.82 Å². The van der Waals surface area contributed by atoms with Gasteiger partial charge >= 0.3 is 0 Å². The molecule has 0 radical (unpaired) electrons. The number of hydrogen-bond donors (Lipinski definition) is 1. The molecule has 0 bridgehead atoms. The van der Waals surface area contributed by atoms with E-state index in [1.165, 1.54) is 13.2 Å². The number of benzene rings is 1. The third-order valence-corrected chi connectivity index (χ3v) is 3.13. The molecule has 0 aliphatic heterocycles. The van der Waals surface area contributed by atoms with E-state index in [9.17, 15) is 4.39 Å². The second kappa shape index (κ2) is 4.91. The fourth-order valence-electron chi connectivity index (χ4n) is 2.15. The average Bonchev–Trinajstić information content (AvgIpc) is 2.66. The summed E-state index contributed by atoms with van der Waals surface area (Å²) in [6.45, 7) is 4.08. The molecule has 2 rings (SSSR count). The first-order valence-electron chi connectivity index (χ1n) is 6.12. The molecule has 2 N–H and O–H groups in total. The van der Waals surface area contributed by atoms with E-state index < -0.39 is 5.82 Å². The van der Waals surface area contributed by atoms with Crippen molar-refractivity contribution >= 4 is 5.82 Å². The van der Waals surface area contributed by atoms with E-state index >= 15 is 0 Å². The largest absolute Gasteiger partial charge is 0.494 e. The second-order valence-electron chi connectivity index (χ2n) is 4.78. The van der Waals surface area contributed by atoms with Crippen LogP contribution in [0.5, 0.6) is 5.75 Å². The van der Waals surface area contributed by atoms with Gasteiger partial charge in [-0.2, -0.15) is 5.10 Å². The number of methoxy groups -OCH3 is 1. The molecule has 0 spiro atoms. The highest BCUT2D eigenvalue weighted by molar-refractivity contribution is 5.70. The zero-order chi connectivity index (χ0) is 14.2. The molecule has 0 amide bonds. The van der Waals surface area contributed by atoms with Crippen molar-refractivity contribution in [1.29, 1.82) is 0 Å². The molecule has 102 valence electrons. The molecule has 5 heteroatoms. The molecule has 0 saturated carbocycles. The van der Waals surface area contributed by atoms with Crippen LogP contribution < -0.4 is 10.5 Å². The summed E-state index contributed by atoms with van der Waals surface area (Å²) in [6, 6.07) is 4.81. The highest BCUT2D eigenvalue weighted by Gasteiger charge is 2.19. The third kappa shape index (κ3) is 2.28. The van der Waals surface area contributed by atoms with Crippen molar-refractivity contribution in [1.82, 2.24) is 9.78 Å². The Morgan fingerprint density at radius 3 is 2.58 bits per heavy atom. The summed E-state index contributed by atoms with van der Waals surface area (Å²) < 4.78 is 20.3. The van der Waals surface area contributed by atoms with Crippen LogP contribution in [0.2, 0.25) is 0 Å².